The molecule has 0 aliphatic heterocycles. The van der Waals surface area contributed by atoms with Crippen molar-refractivity contribution < 1.29 is 4.79 Å². The maximum absolute atomic E-state index is 11.6. The molecular formula is C22H30N4O. The number of amides is 1. The lowest BCUT2D eigenvalue weighted by molar-refractivity contribution is 0.0999. The number of benzene rings is 2. The second-order valence-electron chi connectivity index (χ2n) is 5.75. The van der Waals surface area contributed by atoms with Crippen LogP contribution in [0.1, 0.15) is 40.9 Å². The van der Waals surface area contributed by atoms with E-state index in [1.807, 2.05) is 45.0 Å². The molecule has 2 aromatic rings. The first-order valence-corrected chi connectivity index (χ1v) is 9.15. The molecule has 0 radical (unpaired) electrons. The highest BCUT2D eigenvalue weighted by Crippen LogP contribution is 2.15. The van der Waals surface area contributed by atoms with Gasteiger partial charge in [0.15, 0.2) is 0 Å². The van der Waals surface area contributed by atoms with Gasteiger partial charge in [0.1, 0.15) is 5.84 Å². The molecule has 0 spiro atoms. The van der Waals surface area contributed by atoms with Crippen molar-refractivity contribution in [2.75, 3.05) is 6.54 Å². The molecule has 1 amide bonds. The van der Waals surface area contributed by atoms with Gasteiger partial charge in [-0.3, -0.25) is 9.79 Å². The molecule has 2 rings (SSSR count). The van der Waals surface area contributed by atoms with Crippen LogP contribution in [-0.4, -0.2) is 24.3 Å². The molecule has 0 fully saturated rings. The molecule has 1 unspecified atom stereocenters. The number of carbonyl (C=O) groups is 1. The zero-order valence-corrected chi connectivity index (χ0v) is 16.4. The highest BCUT2D eigenvalue weighted by Gasteiger charge is 2.14. The Kier molecular flexibility index (Phi) is 9.54. The fourth-order valence-electron chi connectivity index (χ4n) is 2.69. The summed E-state index contributed by atoms with van der Waals surface area (Å²) in [7, 11) is 0. The van der Waals surface area contributed by atoms with E-state index in [1.54, 1.807) is 18.3 Å². The Morgan fingerprint density at radius 1 is 1.15 bits per heavy atom. The minimum Gasteiger partial charge on any atom is -0.366 e. The largest absolute Gasteiger partial charge is 0.366 e. The van der Waals surface area contributed by atoms with Crippen molar-refractivity contribution in [3.63, 3.8) is 0 Å². The summed E-state index contributed by atoms with van der Waals surface area (Å²) < 4.78 is 0. The van der Waals surface area contributed by atoms with Gasteiger partial charge < -0.3 is 16.8 Å². The Morgan fingerprint density at radius 3 is 2.33 bits per heavy atom. The van der Waals surface area contributed by atoms with E-state index in [0.717, 1.165) is 17.5 Å². The molecule has 5 heteroatoms. The number of primary amides is 1. The Bertz CT molecular complexity index is 769. The van der Waals surface area contributed by atoms with Gasteiger partial charge in [-0.15, -0.1) is 0 Å². The number of amidine groups is 1. The molecule has 2 aromatic carbocycles. The van der Waals surface area contributed by atoms with E-state index >= 15 is 0 Å². The van der Waals surface area contributed by atoms with Crippen molar-refractivity contribution in [2.45, 2.75) is 33.2 Å². The lowest BCUT2D eigenvalue weighted by Crippen LogP contribution is -2.28. The van der Waals surface area contributed by atoms with E-state index in [-0.39, 0.29) is 6.04 Å². The minimum absolute atomic E-state index is 0.0958. The van der Waals surface area contributed by atoms with Gasteiger partial charge in [0, 0.05) is 17.7 Å². The van der Waals surface area contributed by atoms with Crippen LogP contribution < -0.4 is 16.8 Å². The predicted molar refractivity (Wildman–Crippen MR) is 114 cm³/mol. The number of nitrogens with two attached hydrogens (primary N) is 2. The third kappa shape index (κ3) is 6.38. The van der Waals surface area contributed by atoms with Crippen LogP contribution in [0.15, 0.2) is 66.3 Å². The first-order chi connectivity index (χ1) is 13.1. The van der Waals surface area contributed by atoms with Gasteiger partial charge in [-0.05, 0) is 36.7 Å². The summed E-state index contributed by atoms with van der Waals surface area (Å²) in [4.78, 5) is 16.4. The highest BCUT2D eigenvalue weighted by molar-refractivity contribution is 6.04. The topological polar surface area (TPSA) is 93.5 Å². The van der Waals surface area contributed by atoms with Gasteiger partial charge in [0.2, 0.25) is 5.91 Å². The quantitative estimate of drug-likeness (QED) is 0.519. The van der Waals surface area contributed by atoms with E-state index in [4.69, 9.17) is 16.5 Å². The maximum Gasteiger partial charge on any atom is 0.248 e. The summed E-state index contributed by atoms with van der Waals surface area (Å²) in [6.07, 6.45) is 2.29. The number of aliphatic imine (C=N–C) groups is 1. The Labute approximate surface area is 162 Å². The molecule has 0 heterocycles. The van der Waals surface area contributed by atoms with E-state index in [1.165, 1.54) is 5.56 Å². The van der Waals surface area contributed by atoms with E-state index in [2.05, 4.69) is 24.0 Å². The second kappa shape index (κ2) is 11.6. The van der Waals surface area contributed by atoms with Crippen molar-refractivity contribution in [3.05, 3.63) is 83.6 Å². The third-order valence-electron chi connectivity index (χ3n) is 3.99. The van der Waals surface area contributed by atoms with Crippen molar-refractivity contribution >= 4 is 11.7 Å². The number of nitrogens with zero attached hydrogens (tertiary/aromatic N) is 1. The molecule has 0 aliphatic carbocycles. The molecule has 1 atom stereocenters. The Morgan fingerprint density at radius 2 is 1.78 bits per heavy atom. The van der Waals surface area contributed by atoms with Gasteiger partial charge >= 0.3 is 0 Å². The van der Waals surface area contributed by atoms with E-state index < -0.39 is 5.91 Å². The van der Waals surface area contributed by atoms with Gasteiger partial charge in [0.25, 0.3) is 0 Å². The van der Waals surface area contributed by atoms with Gasteiger partial charge in [-0.1, -0.05) is 62.9 Å². The van der Waals surface area contributed by atoms with Gasteiger partial charge in [-0.25, -0.2) is 0 Å². The van der Waals surface area contributed by atoms with Crippen molar-refractivity contribution in [2.24, 2.45) is 16.5 Å². The fourth-order valence-corrected chi connectivity index (χ4v) is 2.69. The Hall–Kier alpha value is -2.92. The number of hydrogen-bond donors (Lipinski definition) is 3. The normalized spacial score (nSPS) is 11.8. The summed E-state index contributed by atoms with van der Waals surface area (Å²) in [5.41, 5.74) is 14.6. The smallest absolute Gasteiger partial charge is 0.248 e. The fraction of sp³-hybridized carbons (Fsp3) is 0.273. The van der Waals surface area contributed by atoms with Crippen LogP contribution in [0.25, 0.3) is 0 Å². The van der Waals surface area contributed by atoms with E-state index in [9.17, 15) is 4.79 Å². The summed E-state index contributed by atoms with van der Waals surface area (Å²) in [6, 6.07) is 15.4. The predicted octanol–water partition coefficient (Wildman–Crippen LogP) is 3.17. The number of nitrogens with one attached hydrogen (secondary N) is 1. The average molecular weight is 367 g/mol. The minimum atomic E-state index is -0.461. The lowest BCUT2D eigenvalue weighted by Gasteiger charge is -2.16. The molecule has 0 aromatic heterocycles. The van der Waals surface area contributed by atoms with E-state index in [0.29, 0.717) is 17.9 Å². The summed E-state index contributed by atoms with van der Waals surface area (Å²) in [6.45, 7) is 9.98. The molecule has 0 saturated heterocycles. The van der Waals surface area contributed by atoms with Crippen molar-refractivity contribution in [1.82, 2.24) is 5.32 Å². The van der Waals surface area contributed by atoms with Gasteiger partial charge in [-0.2, -0.15) is 0 Å². The van der Waals surface area contributed by atoms with Crippen LogP contribution >= 0.6 is 0 Å². The third-order valence-corrected chi connectivity index (χ3v) is 3.99. The zero-order chi connectivity index (χ0) is 20.2. The summed E-state index contributed by atoms with van der Waals surface area (Å²) in [5, 5.41) is 3.06. The standard InChI is InChI=1S/C20H24N4O.C2H6/c1-3-23-20(18-11-7-10-17(14(18)2)19(22)25)24-16(13-21)12-15-8-5-4-6-9-15;1-2/h3-11,16H,1,12-13,21H2,2H3,(H2,22,25)(H,23,24);1-2H3. The molecule has 0 bridgehead atoms. The highest BCUT2D eigenvalue weighted by atomic mass is 16.1. The monoisotopic (exact) mass is 366 g/mol. The molecule has 144 valence electrons. The lowest BCUT2D eigenvalue weighted by atomic mass is 10.0. The second-order valence-corrected chi connectivity index (χ2v) is 5.75. The molecular weight excluding hydrogens is 336 g/mol. The first-order valence-electron chi connectivity index (χ1n) is 9.15. The summed E-state index contributed by atoms with van der Waals surface area (Å²) in [5.74, 6) is 0.166. The summed E-state index contributed by atoms with van der Waals surface area (Å²) >= 11 is 0. The molecule has 5 nitrogen and oxygen atoms in total. The van der Waals surface area contributed by atoms with Crippen molar-refractivity contribution in [1.29, 1.82) is 0 Å². The average Bonchev–Trinajstić information content (AvgIpc) is 2.69. The maximum atomic E-state index is 11.6. The van der Waals surface area contributed by atoms with Gasteiger partial charge in [0.05, 0.1) is 6.04 Å². The number of rotatable bonds is 7. The first kappa shape index (κ1) is 22.1. The van der Waals surface area contributed by atoms with Crippen LogP contribution in [0.2, 0.25) is 0 Å². The van der Waals surface area contributed by atoms with Crippen LogP contribution in [0.3, 0.4) is 0 Å². The Balaban J connectivity index is 0.00000176. The molecule has 5 N–H and O–H groups in total. The molecule has 0 aliphatic rings. The number of carbonyl (C=O) groups excluding carboxylic acids is 1. The van der Waals surface area contributed by atoms with Crippen LogP contribution in [-0.2, 0) is 6.42 Å². The van der Waals surface area contributed by atoms with Crippen LogP contribution in [0, 0.1) is 6.92 Å². The SMILES string of the molecule is C=CNC(=NC(CN)Cc1ccccc1)c1cccc(C(N)=O)c1C.CC. The zero-order valence-electron chi connectivity index (χ0n) is 16.4. The molecule has 27 heavy (non-hydrogen) atoms. The van der Waals surface area contributed by atoms with Crippen molar-refractivity contribution in [3.8, 4) is 0 Å². The number of hydrogen-bond acceptors (Lipinski definition) is 3. The van der Waals surface area contributed by atoms with Crippen LogP contribution in [0.5, 0.6) is 0 Å². The molecule has 0 saturated carbocycles. The van der Waals surface area contributed by atoms with Crippen LogP contribution in [0.4, 0.5) is 0 Å².